The van der Waals surface area contributed by atoms with Crippen LogP contribution in [0.3, 0.4) is 0 Å². The molecule has 15 aromatic rings. The molecule has 3 heteroatoms. The molecule has 0 aliphatic carbocycles. The van der Waals surface area contributed by atoms with E-state index in [1.54, 1.807) is 0 Å². The maximum Gasteiger partial charge on any atom is 0.135 e. The predicted octanol–water partition coefficient (Wildman–Crippen LogP) is 20.8. The van der Waals surface area contributed by atoms with E-state index >= 15 is 0 Å². The fraction of sp³-hybridized carbons (Fsp3) is 0.0270. The summed E-state index contributed by atoms with van der Waals surface area (Å²) >= 11 is 0. The molecule has 364 valence electrons. The molecular weight excluding hydrogens is 933 g/mol. The quantitative estimate of drug-likeness (QED) is 0.149. The molecule has 0 saturated carbocycles. The molecule has 3 heterocycles. The summed E-state index contributed by atoms with van der Waals surface area (Å²) in [5, 5.41) is 7.10. The van der Waals surface area contributed by atoms with E-state index in [0.717, 1.165) is 55.6 Å². The number of hydrogen-bond acceptors (Lipinski definition) is 1. The van der Waals surface area contributed by atoms with Crippen LogP contribution in [0.2, 0.25) is 0 Å². The van der Waals surface area contributed by atoms with Crippen LogP contribution in [0.1, 0.15) is 13.8 Å². The summed E-state index contributed by atoms with van der Waals surface area (Å²) in [7, 11) is 0. The monoisotopic (exact) mass is 984 g/mol. The van der Waals surface area contributed by atoms with E-state index in [0.29, 0.717) is 0 Å². The second kappa shape index (κ2) is 19.1. The Bertz CT molecular complexity index is 4410. The molecule has 3 nitrogen and oxygen atoms in total. The minimum absolute atomic E-state index is 0.880. The van der Waals surface area contributed by atoms with E-state index in [1.807, 2.05) is 13.8 Å². The van der Waals surface area contributed by atoms with E-state index in [2.05, 4.69) is 288 Å². The van der Waals surface area contributed by atoms with Gasteiger partial charge in [0.1, 0.15) is 11.2 Å². The third kappa shape index (κ3) is 8.00. The highest BCUT2D eigenvalue weighted by Gasteiger charge is 2.18. The number of rotatable bonds is 8. The van der Waals surface area contributed by atoms with Gasteiger partial charge in [0, 0.05) is 43.7 Å². The van der Waals surface area contributed by atoms with Crippen molar-refractivity contribution in [2.24, 2.45) is 0 Å². The zero-order chi connectivity index (χ0) is 51.4. The van der Waals surface area contributed by atoms with Gasteiger partial charge in [-0.2, -0.15) is 0 Å². The highest BCUT2D eigenvalue weighted by molar-refractivity contribution is 6.13. The van der Waals surface area contributed by atoms with Gasteiger partial charge in [0.05, 0.1) is 22.1 Å². The Balaban J connectivity index is 0.00000267. The third-order valence-electron chi connectivity index (χ3n) is 15.3. The van der Waals surface area contributed by atoms with Gasteiger partial charge in [-0.05, 0) is 164 Å². The van der Waals surface area contributed by atoms with Gasteiger partial charge < -0.3 is 13.6 Å². The lowest BCUT2D eigenvalue weighted by atomic mass is 9.98. The van der Waals surface area contributed by atoms with Crippen molar-refractivity contribution in [3.05, 3.63) is 279 Å². The molecule has 0 saturated heterocycles. The van der Waals surface area contributed by atoms with Gasteiger partial charge >= 0.3 is 0 Å². The van der Waals surface area contributed by atoms with E-state index < -0.39 is 0 Å². The van der Waals surface area contributed by atoms with Crippen molar-refractivity contribution in [3.63, 3.8) is 0 Å². The SMILES string of the molecule is CC.c1ccc(-c2cccc(-c3cccc(-n4c5ccccc5c5cc(-c6ccc7oc8ccc(-c9ccc%10c(c9)c9ccccc9n%10-c9cccc(-c%10cccc(-c%11ccccc%11)c%10)c9)cc8c7c6)ccc54)c3)c2)cc1. The minimum atomic E-state index is 0.880. The maximum absolute atomic E-state index is 6.53. The van der Waals surface area contributed by atoms with Crippen LogP contribution in [0, 0.1) is 0 Å². The van der Waals surface area contributed by atoms with Gasteiger partial charge in [0.25, 0.3) is 0 Å². The lowest BCUT2D eigenvalue weighted by Gasteiger charge is -2.12. The maximum atomic E-state index is 6.53. The number of nitrogens with zero attached hydrogens (tertiary/aromatic N) is 2. The average Bonchev–Trinajstić information content (AvgIpc) is 4.17. The number of benzene rings is 12. The molecule has 0 spiro atoms. The van der Waals surface area contributed by atoms with Crippen LogP contribution in [-0.2, 0) is 0 Å². The van der Waals surface area contributed by atoms with Crippen LogP contribution in [0.15, 0.2) is 283 Å². The summed E-state index contributed by atoms with van der Waals surface area (Å²) in [6, 6.07) is 101. The van der Waals surface area contributed by atoms with Gasteiger partial charge in [-0.3, -0.25) is 0 Å². The fourth-order valence-electron chi connectivity index (χ4n) is 11.7. The fourth-order valence-corrected chi connectivity index (χ4v) is 11.7. The zero-order valence-electron chi connectivity index (χ0n) is 42.9. The van der Waals surface area contributed by atoms with E-state index in [9.17, 15) is 0 Å². The Kier molecular flexibility index (Phi) is 11.3. The van der Waals surface area contributed by atoms with Crippen molar-refractivity contribution in [2.75, 3.05) is 0 Å². The lowest BCUT2D eigenvalue weighted by Crippen LogP contribution is -1.94. The van der Waals surface area contributed by atoms with Crippen molar-refractivity contribution in [2.45, 2.75) is 13.8 Å². The molecule has 0 atom stereocenters. The number of para-hydroxylation sites is 2. The van der Waals surface area contributed by atoms with Crippen molar-refractivity contribution >= 4 is 65.6 Å². The number of aromatic nitrogens is 2. The van der Waals surface area contributed by atoms with E-state index in [1.165, 1.54) is 88.1 Å². The Hall–Kier alpha value is -9.96. The molecule has 15 rings (SSSR count). The molecule has 0 aliphatic heterocycles. The highest BCUT2D eigenvalue weighted by atomic mass is 16.3. The van der Waals surface area contributed by atoms with Gasteiger partial charge in [0.15, 0.2) is 0 Å². The topological polar surface area (TPSA) is 23.0 Å². The smallest absolute Gasteiger partial charge is 0.135 e. The van der Waals surface area contributed by atoms with Crippen LogP contribution < -0.4 is 0 Å². The molecule has 0 radical (unpaired) electrons. The normalized spacial score (nSPS) is 11.5. The third-order valence-corrected chi connectivity index (χ3v) is 15.3. The predicted molar refractivity (Wildman–Crippen MR) is 326 cm³/mol. The van der Waals surface area contributed by atoms with Gasteiger partial charge in [-0.25, -0.2) is 0 Å². The molecule has 0 unspecified atom stereocenters. The van der Waals surface area contributed by atoms with Gasteiger partial charge in [0.2, 0.25) is 0 Å². The van der Waals surface area contributed by atoms with Crippen molar-refractivity contribution in [1.82, 2.24) is 9.13 Å². The molecule has 0 N–H and O–H groups in total. The Morgan fingerprint density at radius 2 is 0.506 bits per heavy atom. The van der Waals surface area contributed by atoms with Crippen LogP contribution in [0.25, 0.3) is 144 Å². The summed E-state index contributed by atoms with van der Waals surface area (Å²) in [5.41, 5.74) is 23.0. The van der Waals surface area contributed by atoms with Gasteiger partial charge in [-0.1, -0.05) is 196 Å². The second-order valence-electron chi connectivity index (χ2n) is 19.7. The Morgan fingerprint density at radius 3 is 0.935 bits per heavy atom. The minimum Gasteiger partial charge on any atom is -0.456 e. The van der Waals surface area contributed by atoms with E-state index in [-0.39, 0.29) is 0 Å². The largest absolute Gasteiger partial charge is 0.456 e. The number of furan rings is 1. The first-order chi connectivity index (χ1) is 38.1. The van der Waals surface area contributed by atoms with Crippen LogP contribution in [0.4, 0.5) is 0 Å². The average molecular weight is 985 g/mol. The number of hydrogen-bond donors (Lipinski definition) is 0. The summed E-state index contributed by atoms with van der Waals surface area (Å²) in [6.45, 7) is 4.00. The lowest BCUT2D eigenvalue weighted by molar-refractivity contribution is 0.669. The molecule has 0 bridgehead atoms. The molecule has 77 heavy (non-hydrogen) atoms. The first-order valence-corrected chi connectivity index (χ1v) is 26.7. The Morgan fingerprint density at radius 1 is 0.208 bits per heavy atom. The standard InChI is InChI=1S/C72H46N2O.C2H6/c1-3-15-47(16-4-1)49-19-11-21-51(39-49)53-23-13-25-59(41-53)73-67-29-9-7-27-61(67)63-43-55(31-35-69(63)73)57-33-37-71-65(45-57)66-46-58(34-38-72(66)75-71)56-32-36-70-64(44-56)62-28-8-10-30-68(62)74(70)60-26-14-24-54(42-60)52-22-12-20-50(40-52)48-17-5-2-6-18-48;1-2/h1-46H;1-2H3. The van der Waals surface area contributed by atoms with Crippen LogP contribution in [-0.4, -0.2) is 9.13 Å². The zero-order valence-corrected chi connectivity index (χ0v) is 42.9. The summed E-state index contributed by atoms with van der Waals surface area (Å²) in [5.74, 6) is 0. The van der Waals surface area contributed by atoms with Crippen LogP contribution >= 0.6 is 0 Å². The second-order valence-corrected chi connectivity index (χ2v) is 19.7. The molecule has 0 fully saturated rings. The van der Waals surface area contributed by atoms with Crippen molar-refractivity contribution < 1.29 is 4.42 Å². The van der Waals surface area contributed by atoms with Crippen molar-refractivity contribution in [3.8, 4) is 78.1 Å². The molecule has 0 aliphatic rings. The summed E-state index contributed by atoms with van der Waals surface area (Å²) in [4.78, 5) is 0. The van der Waals surface area contributed by atoms with E-state index in [4.69, 9.17) is 4.42 Å². The van der Waals surface area contributed by atoms with Crippen LogP contribution in [0.5, 0.6) is 0 Å². The molecular formula is C74H52N2O. The number of fused-ring (bicyclic) bond motifs is 9. The van der Waals surface area contributed by atoms with Gasteiger partial charge in [-0.15, -0.1) is 0 Å². The molecule has 0 amide bonds. The molecule has 3 aromatic heterocycles. The summed E-state index contributed by atoms with van der Waals surface area (Å²) in [6.07, 6.45) is 0. The molecule has 12 aromatic carbocycles. The first-order valence-electron chi connectivity index (χ1n) is 26.7. The first kappa shape index (κ1) is 45.6. The summed E-state index contributed by atoms with van der Waals surface area (Å²) < 4.78 is 11.3. The van der Waals surface area contributed by atoms with Crippen molar-refractivity contribution in [1.29, 1.82) is 0 Å². The Labute approximate surface area is 447 Å². The highest BCUT2D eigenvalue weighted by Crippen LogP contribution is 2.41.